The Hall–Kier alpha value is -0.120. The summed E-state index contributed by atoms with van der Waals surface area (Å²) in [6, 6.07) is 1.58. The van der Waals surface area contributed by atoms with Crippen LogP contribution in [0, 0.1) is 17.8 Å². The average Bonchev–Trinajstić information content (AvgIpc) is 2.77. The Bertz CT molecular complexity index is 205. The number of hydrogen-bond acceptors (Lipinski definition) is 3. The second-order valence-corrected chi connectivity index (χ2v) is 5.59. The van der Waals surface area contributed by atoms with E-state index in [0.29, 0.717) is 0 Å². The first-order valence-corrected chi connectivity index (χ1v) is 6.21. The molecular weight excluding hydrogens is 174 g/mol. The molecule has 2 saturated carbocycles. The van der Waals surface area contributed by atoms with Crippen LogP contribution in [0.4, 0.5) is 0 Å². The molecule has 0 radical (unpaired) electrons. The molecule has 0 bridgehead atoms. The first-order chi connectivity index (χ1) is 6.93. The third-order valence-corrected chi connectivity index (χ3v) is 5.15. The predicted molar refractivity (Wildman–Crippen MR) is 54.1 cm³/mol. The van der Waals surface area contributed by atoms with Gasteiger partial charge in [0.1, 0.15) is 0 Å². The molecule has 2 saturated heterocycles. The van der Waals surface area contributed by atoms with E-state index in [-0.39, 0.29) is 0 Å². The number of nitrogens with zero attached hydrogens (tertiary/aromatic N) is 1. The first kappa shape index (κ1) is 8.08. The average molecular weight is 193 g/mol. The Morgan fingerprint density at radius 1 is 0.929 bits per heavy atom. The monoisotopic (exact) mass is 193 g/mol. The number of rotatable bonds is 0. The van der Waals surface area contributed by atoms with Gasteiger partial charge in [0.05, 0.1) is 0 Å². The van der Waals surface area contributed by atoms with Gasteiger partial charge >= 0.3 is 0 Å². The lowest BCUT2D eigenvalue weighted by atomic mass is 9.70. The van der Waals surface area contributed by atoms with E-state index in [1.807, 2.05) is 0 Å². The summed E-state index contributed by atoms with van der Waals surface area (Å²) in [6.07, 6.45) is 7.34. The molecule has 0 spiro atoms. The van der Waals surface area contributed by atoms with E-state index in [2.05, 4.69) is 16.0 Å². The minimum atomic E-state index is 0.747. The van der Waals surface area contributed by atoms with Gasteiger partial charge < -0.3 is 0 Å². The van der Waals surface area contributed by atoms with Gasteiger partial charge in [-0.2, -0.15) is 5.53 Å². The van der Waals surface area contributed by atoms with Gasteiger partial charge in [-0.25, -0.2) is 10.4 Å². The third-order valence-electron chi connectivity index (χ3n) is 5.15. The molecule has 5 atom stereocenters. The highest BCUT2D eigenvalue weighted by Crippen LogP contribution is 2.51. The van der Waals surface area contributed by atoms with Crippen LogP contribution >= 0.6 is 0 Å². The van der Waals surface area contributed by atoms with Crippen LogP contribution in [-0.4, -0.2) is 23.6 Å². The van der Waals surface area contributed by atoms with Gasteiger partial charge in [0.2, 0.25) is 0 Å². The number of nitrogens with one attached hydrogen (secondary N) is 2. The molecule has 4 fully saturated rings. The number of piperidine rings is 1. The Morgan fingerprint density at radius 2 is 1.71 bits per heavy atom. The van der Waals surface area contributed by atoms with Crippen molar-refractivity contribution in [1.82, 2.24) is 16.0 Å². The largest absolute Gasteiger partial charge is 0.239 e. The highest BCUT2D eigenvalue weighted by molar-refractivity contribution is 5.05. The molecule has 0 amide bonds. The van der Waals surface area contributed by atoms with E-state index in [1.54, 1.807) is 0 Å². The molecule has 4 aliphatic rings. The summed E-state index contributed by atoms with van der Waals surface area (Å²) in [7, 11) is 0. The lowest BCUT2D eigenvalue weighted by Gasteiger charge is -2.45. The van der Waals surface area contributed by atoms with Crippen LogP contribution in [0.5, 0.6) is 0 Å². The Balaban J connectivity index is 1.73. The topological polar surface area (TPSA) is 27.3 Å². The lowest BCUT2D eigenvalue weighted by molar-refractivity contribution is 0.0207. The molecule has 2 heterocycles. The van der Waals surface area contributed by atoms with E-state index in [9.17, 15) is 0 Å². The van der Waals surface area contributed by atoms with Crippen molar-refractivity contribution in [3.05, 3.63) is 0 Å². The fraction of sp³-hybridized carbons (Fsp3) is 1.00. The minimum Gasteiger partial charge on any atom is -0.239 e. The van der Waals surface area contributed by atoms with E-state index in [0.717, 1.165) is 29.8 Å². The Labute approximate surface area is 85.2 Å². The van der Waals surface area contributed by atoms with Crippen LogP contribution in [0.25, 0.3) is 0 Å². The molecule has 2 N–H and O–H groups in total. The van der Waals surface area contributed by atoms with Crippen molar-refractivity contribution in [2.45, 2.75) is 44.2 Å². The van der Waals surface area contributed by atoms with Crippen molar-refractivity contribution in [2.24, 2.45) is 17.8 Å². The maximum Gasteiger partial charge on any atom is 0.0457 e. The molecule has 78 valence electrons. The first-order valence-electron chi connectivity index (χ1n) is 6.21. The summed E-state index contributed by atoms with van der Waals surface area (Å²) in [5.74, 6) is 3.14. The standard InChI is InChI=1S/C11H19N3/c1-2-8-5-6-14-11-9(12-13-14)4-3-7(1)10(8)11/h7-13H,1-6H2. The van der Waals surface area contributed by atoms with Gasteiger partial charge in [0.25, 0.3) is 0 Å². The molecule has 0 aromatic carbocycles. The van der Waals surface area contributed by atoms with Gasteiger partial charge in [-0.15, -0.1) is 0 Å². The maximum absolute atomic E-state index is 3.47. The summed E-state index contributed by atoms with van der Waals surface area (Å²) in [5.41, 5.74) is 6.86. The molecule has 5 unspecified atom stereocenters. The van der Waals surface area contributed by atoms with E-state index in [4.69, 9.17) is 0 Å². The minimum absolute atomic E-state index is 0.747. The number of hydrogen-bond donors (Lipinski definition) is 2. The second-order valence-electron chi connectivity index (χ2n) is 5.59. The van der Waals surface area contributed by atoms with E-state index in [1.165, 1.54) is 38.6 Å². The fourth-order valence-corrected chi connectivity index (χ4v) is 4.59. The van der Waals surface area contributed by atoms with Gasteiger partial charge in [-0.3, -0.25) is 0 Å². The quantitative estimate of drug-likeness (QED) is 0.598. The summed E-state index contributed by atoms with van der Waals surface area (Å²) < 4.78 is 0. The molecule has 14 heavy (non-hydrogen) atoms. The zero-order valence-corrected chi connectivity index (χ0v) is 8.58. The molecule has 0 aromatic rings. The van der Waals surface area contributed by atoms with E-state index < -0.39 is 0 Å². The molecule has 3 nitrogen and oxygen atoms in total. The van der Waals surface area contributed by atoms with Gasteiger partial charge in [-0.05, 0) is 49.9 Å². The van der Waals surface area contributed by atoms with Crippen molar-refractivity contribution in [3.63, 3.8) is 0 Å². The SMILES string of the molecule is C1CC2CCN3NNC4CCC1C2C43. The van der Waals surface area contributed by atoms with Crippen LogP contribution in [0.2, 0.25) is 0 Å². The Kier molecular flexibility index (Phi) is 1.57. The summed E-state index contributed by atoms with van der Waals surface area (Å²) in [5, 5.41) is 2.49. The van der Waals surface area contributed by atoms with Crippen molar-refractivity contribution < 1.29 is 0 Å². The van der Waals surface area contributed by atoms with Crippen molar-refractivity contribution in [2.75, 3.05) is 6.54 Å². The highest BCUT2D eigenvalue weighted by atomic mass is 15.7. The van der Waals surface area contributed by atoms with Gasteiger partial charge in [-0.1, -0.05) is 0 Å². The van der Waals surface area contributed by atoms with Crippen LogP contribution in [-0.2, 0) is 0 Å². The zero-order chi connectivity index (χ0) is 9.12. The summed E-state index contributed by atoms with van der Waals surface area (Å²) in [6.45, 7) is 1.27. The lowest BCUT2D eigenvalue weighted by Crippen LogP contribution is -2.53. The third kappa shape index (κ3) is 0.884. The van der Waals surface area contributed by atoms with E-state index >= 15 is 0 Å². The smallest absolute Gasteiger partial charge is 0.0457 e. The zero-order valence-electron chi connectivity index (χ0n) is 8.58. The molecule has 0 aromatic heterocycles. The van der Waals surface area contributed by atoms with Crippen molar-refractivity contribution in [1.29, 1.82) is 0 Å². The van der Waals surface area contributed by atoms with Gasteiger partial charge in [0, 0.05) is 18.6 Å². The Morgan fingerprint density at radius 3 is 2.64 bits per heavy atom. The molecule has 3 heteroatoms. The van der Waals surface area contributed by atoms with Crippen LogP contribution in [0.1, 0.15) is 32.1 Å². The highest BCUT2D eigenvalue weighted by Gasteiger charge is 2.53. The maximum atomic E-state index is 3.47. The van der Waals surface area contributed by atoms with Crippen LogP contribution in [0.15, 0.2) is 0 Å². The molecule has 2 aliphatic heterocycles. The normalized spacial score (nSPS) is 56.1. The fourth-order valence-electron chi connectivity index (χ4n) is 4.59. The molecule has 2 aliphatic carbocycles. The van der Waals surface area contributed by atoms with Gasteiger partial charge in [0.15, 0.2) is 0 Å². The van der Waals surface area contributed by atoms with Crippen LogP contribution < -0.4 is 11.0 Å². The summed E-state index contributed by atoms with van der Waals surface area (Å²) >= 11 is 0. The second kappa shape index (κ2) is 2.71. The van der Waals surface area contributed by atoms with Crippen molar-refractivity contribution >= 4 is 0 Å². The number of hydrazine groups is 2. The molecule has 4 rings (SSSR count). The molecular formula is C11H19N3. The predicted octanol–water partition coefficient (Wildman–Crippen LogP) is 0.888. The summed E-state index contributed by atoms with van der Waals surface area (Å²) in [4.78, 5) is 0. The van der Waals surface area contributed by atoms with Crippen molar-refractivity contribution in [3.8, 4) is 0 Å². The van der Waals surface area contributed by atoms with Crippen LogP contribution in [0.3, 0.4) is 0 Å².